The summed E-state index contributed by atoms with van der Waals surface area (Å²) < 4.78 is 6.51. The molecule has 0 radical (unpaired) electrons. The molecule has 0 spiro atoms. The number of aromatic nitrogens is 3. The average molecular weight is 183 g/mol. The van der Waals surface area contributed by atoms with Gasteiger partial charge in [-0.05, 0) is 20.8 Å². The van der Waals surface area contributed by atoms with Crippen LogP contribution in [0.15, 0.2) is 6.20 Å². The van der Waals surface area contributed by atoms with Crippen LogP contribution in [-0.4, -0.2) is 26.6 Å². The number of rotatable bonds is 1. The van der Waals surface area contributed by atoms with E-state index in [1.54, 1.807) is 7.05 Å². The highest BCUT2D eigenvalue weighted by atomic mass is 16.6. The number of carbonyl (C=O) groups is 1. The summed E-state index contributed by atoms with van der Waals surface area (Å²) in [4.78, 5) is 11.4. The van der Waals surface area contributed by atoms with Crippen LogP contribution in [0.3, 0.4) is 0 Å². The van der Waals surface area contributed by atoms with Crippen molar-refractivity contribution in [3.63, 3.8) is 0 Å². The second-order valence-corrected chi connectivity index (χ2v) is 3.74. The maximum Gasteiger partial charge on any atom is 0.358 e. The molecular formula is C8H13N3O2. The van der Waals surface area contributed by atoms with Crippen LogP contribution < -0.4 is 0 Å². The third-order valence-corrected chi connectivity index (χ3v) is 1.32. The summed E-state index contributed by atoms with van der Waals surface area (Å²) in [6.07, 6.45) is 1.38. The SMILES string of the molecule is Cn1nncc1C(=O)OC(C)(C)C. The molecule has 0 aromatic carbocycles. The minimum Gasteiger partial charge on any atom is -0.455 e. The molecule has 13 heavy (non-hydrogen) atoms. The molecule has 5 nitrogen and oxygen atoms in total. The second kappa shape index (κ2) is 3.16. The van der Waals surface area contributed by atoms with Gasteiger partial charge in [-0.25, -0.2) is 9.48 Å². The first kappa shape index (κ1) is 9.70. The third-order valence-electron chi connectivity index (χ3n) is 1.32. The Morgan fingerprint density at radius 2 is 2.15 bits per heavy atom. The zero-order chi connectivity index (χ0) is 10.1. The molecule has 1 rings (SSSR count). The summed E-state index contributed by atoms with van der Waals surface area (Å²) in [6, 6.07) is 0. The van der Waals surface area contributed by atoms with Crippen molar-refractivity contribution in [1.82, 2.24) is 15.0 Å². The van der Waals surface area contributed by atoms with Crippen LogP contribution >= 0.6 is 0 Å². The number of hydrogen-bond acceptors (Lipinski definition) is 4. The molecule has 0 saturated heterocycles. The van der Waals surface area contributed by atoms with Gasteiger partial charge in [-0.3, -0.25) is 0 Å². The van der Waals surface area contributed by atoms with Crippen molar-refractivity contribution >= 4 is 5.97 Å². The predicted octanol–water partition coefficient (Wildman–Crippen LogP) is 0.770. The maximum absolute atomic E-state index is 11.4. The lowest BCUT2D eigenvalue weighted by Gasteiger charge is -2.18. The first-order valence-corrected chi connectivity index (χ1v) is 3.98. The first-order valence-electron chi connectivity index (χ1n) is 3.98. The van der Waals surface area contributed by atoms with Gasteiger partial charge in [0.1, 0.15) is 5.60 Å². The van der Waals surface area contributed by atoms with Crippen LogP contribution in [0.1, 0.15) is 31.3 Å². The van der Waals surface area contributed by atoms with Gasteiger partial charge in [0, 0.05) is 7.05 Å². The van der Waals surface area contributed by atoms with E-state index < -0.39 is 11.6 Å². The Balaban J connectivity index is 2.76. The molecule has 1 aromatic heterocycles. The van der Waals surface area contributed by atoms with Gasteiger partial charge < -0.3 is 4.74 Å². The first-order chi connectivity index (χ1) is 5.90. The number of hydrogen-bond donors (Lipinski definition) is 0. The van der Waals surface area contributed by atoms with Gasteiger partial charge in [-0.1, -0.05) is 5.21 Å². The van der Waals surface area contributed by atoms with E-state index in [2.05, 4.69) is 10.3 Å². The molecule has 72 valence electrons. The van der Waals surface area contributed by atoms with Crippen molar-refractivity contribution < 1.29 is 9.53 Å². The highest BCUT2D eigenvalue weighted by Gasteiger charge is 2.20. The van der Waals surface area contributed by atoms with Gasteiger partial charge in [-0.2, -0.15) is 0 Å². The molecule has 0 N–H and O–H groups in total. The fourth-order valence-electron chi connectivity index (χ4n) is 0.805. The van der Waals surface area contributed by atoms with Crippen LogP contribution in [0.4, 0.5) is 0 Å². The Bertz CT molecular complexity index is 311. The Kier molecular flexibility index (Phi) is 2.36. The monoisotopic (exact) mass is 183 g/mol. The van der Waals surface area contributed by atoms with Crippen molar-refractivity contribution in [2.45, 2.75) is 26.4 Å². The molecule has 5 heteroatoms. The van der Waals surface area contributed by atoms with Gasteiger partial charge in [-0.15, -0.1) is 5.10 Å². The highest BCUT2D eigenvalue weighted by Crippen LogP contribution is 2.10. The van der Waals surface area contributed by atoms with Crippen LogP contribution in [0.25, 0.3) is 0 Å². The molecule has 0 unspecified atom stereocenters. The molecule has 1 heterocycles. The predicted molar refractivity (Wildman–Crippen MR) is 46.2 cm³/mol. The summed E-state index contributed by atoms with van der Waals surface area (Å²) >= 11 is 0. The highest BCUT2D eigenvalue weighted by molar-refractivity contribution is 5.87. The zero-order valence-electron chi connectivity index (χ0n) is 8.24. The summed E-state index contributed by atoms with van der Waals surface area (Å²) in [7, 11) is 1.65. The number of ether oxygens (including phenoxy) is 1. The van der Waals surface area contributed by atoms with Crippen molar-refractivity contribution in [3.8, 4) is 0 Å². The minimum atomic E-state index is -0.485. The fraction of sp³-hybridized carbons (Fsp3) is 0.625. The Labute approximate surface area is 76.7 Å². The van der Waals surface area contributed by atoms with Crippen molar-refractivity contribution in [1.29, 1.82) is 0 Å². The van der Waals surface area contributed by atoms with Gasteiger partial charge in [0.2, 0.25) is 0 Å². The molecule has 0 saturated carbocycles. The van der Waals surface area contributed by atoms with Crippen LogP contribution in [0.5, 0.6) is 0 Å². The third kappa shape index (κ3) is 2.54. The standard InChI is InChI=1S/C8H13N3O2/c1-8(2,3)13-7(12)6-5-9-10-11(6)4/h5H,1-4H3. The minimum absolute atomic E-state index is 0.356. The van der Waals surface area contributed by atoms with Crippen molar-refractivity contribution in [3.05, 3.63) is 11.9 Å². The zero-order valence-corrected chi connectivity index (χ0v) is 8.24. The maximum atomic E-state index is 11.4. The number of nitrogens with zero attached hydrogens (tertiary/aromatic N) is 3. The van der Waals surface area contributed by atoms with E-state index in [1.807, 2.05) is 20.8 Å². The van der Waals surface area contributed by atoms with Crippen molar-refractivity contribution in [2.75, 3.05) is 0 Å². The van der Waals surface area contributed by atoms with E-state index in [9.17, 15) is 4.79 Å². The van der Waals surface area contributed by atoms with E-state index in [0.29, 0.717) is 5.69 Å². The molecule has 0 fully saturated rings. The van der Waals surface area contributed by atoms with E-state index in [-0.39, 0.29) is 0 Å². The fourth-order valence-corrected chi connectivity index (χ4v) is 0.805. The largest absolute Gasteiger partial charge is 0.455 e. The molecule has 0 atom stereocenters. The molecule has 0 aliphatic rings. The van der Waals surface area contributed by atoms with Gasteiger partial charge >= 0.3 is 5.97 Å². The van der Waals surface area contributed by atoms with Gasteiger partial charge in [0.05, 0.1) is 6.20 Å². The summed E-state index contributed by atoms with van der Waals surface area (Å²) in [5.41, 5.74) is -0.128. The Hall–Kier alpha value is -1.39. The quantitative estimate of drug-likeness (QED) is 0.603. The lowest BCUT2D eigenvalue weighted by atomic mass is 10.2. The molecule has 0 amide bonds. The van der Waals surface area contributed by atoms with E-state index in [0.717, 1.165) is 0 Å². The molecule has 0 bridgehead atoms. The lowest BCUT2D eigenvalue weighted by molar-refractivity contribution is 0.00576. The average Bonchev–Trinajstić information content (AvgIpc) is 2.30. The molecule has 1 aromatic rings. The molecule has 0 aliphatic carbocycles. The normalized spacial score (nSPS) is 11.4. The van der Waals surface area contributed by atoms with Crippen molar-refractivity contribution in [2.24, 2.45) is 7.05 Å². The Morgan fingerprint density at radius 3 is 2.54 bits per heavy atom. The van der Waals surface area contributed by atoms with Gasteiger partial charge in [0.15, 0.2) is 5.69 Å². The van der Waals surface area contributed by atoms with E-state index >= 15 is 0 Å². The topological polar surface area (TPSA) is 57.0 Å². The van der Waals surface area contributed by atoms with Crippen LogP contribution in [-0.2, 0) is 11.8 Å². The van der Waals surface area contributed by atoms with E-state index in [4.69, 9.17) is 4.74 Å². The molecule has 0 aliphatic heterocycles. The number of carbonyl (C=O) groups excluding carboxylic acids is 1. The summed E-state index contributed by atoms with van der Waals surface area (Å²) in [5, 5.41) is 7.22. The molecular weight excluding hydrogens is 170 g/mol. The van der Waals surface area contributed by atoms with Crippen LogP contribution in [0, 0.1) is 0 Å². The van der Waals surface area contributed by atoms with Gasteiger partial charge in [0.25, 0.3) is 0 Å². The number of aryl methyl sites for hydroxylation is 1. The second-order valence-electron chi connectivity index (χ2n) is 3.74. The lowest BCUT2D eigenvalue weighted by Crippen LogP contribution is -2.25. The number of esters is 1. The summed E-state index contributed by atoms with van der Waals surface area (Å²) in [6.45, 7) is 5.44. The Morgan fingerprint density at radius 1 is 1.54 bits per heavy atom. The smallest absolute Gasteiger partial charge is 0.358 e. The van der Waals surface area contributed by atoms with E-state index in [1.165, 1.54) is 10.9 Å². The van der Waals surface area contributed by atoms with Crippen LogP contribution in [0.2, 0.25) is 0 Å². The summed E-state index contributed by atoms with van der Waals surface area (Å²) in [5.74, 6) is -0.403.